The molecular formula is C13H15N5O. The Morgan fingerprint density at radius 3 is 2.84 bits per heavy atom. The number of hydrogen-bond acceptors (Lipinski definition) is 4. The molecule has 2 aromatic rings. The van der Waals surface area contributed by atoms with E-state index in [1.54, 1.807) is 11.0 Å². The van der Waals surface area contributed by atoms with E-state index in [1.807, 2.05) is 24.3 Å². The van der Waals surface area contributed by atoms with Crippen molar-refractivity contribution in [3.05, 3.63) is 36.9 Å². The standard InChI is InChI=1S/C13H15N5O/c19-13(12-2-1-7-15-12)17-10-3-5-11(6-4-10)18-9-14-8-16-18/h3-6,8-9,12,15H,1-2,7H2,(H,17,19)/t12-/m0/s1. The van der Waals surface area contributed by atoms with Crippen molar-refractivity contribution < 1.29 is 4.79 Å². The van der Waals surface area contributed by atoms with Crippen molar-refractivity contribution in [3.63, 3.8) is 0 Å². The van der Waals surface area contributed by atoms with Gasteiger partial charge in [-0.2, -0.15) is 5.10 Å². The molecule has 19 heavy (non-hydrogen) atoms. The second kappa shape index (κ2) is 5.19. The Kier molecular flexibility index (Phi) is 3.24. The molecule has 1 aromatic heterocycles. The van der Waals surface area contributed by atoms with E-state index in [0.717, 1.165) is 30.8 Å². The third-order valence-corrected chi connectivity index (χ3v) is 3.19. The molecule has 1 aliphatic rings. The lowest BCUT2D eigenvalue weighted by molar-refractivity contribution is -0.117. The average Bonchev–Trinajstić information content (AvgIpc) is 3.13. The minimum absolute atomic E-state index is 0.0333. The van der Waals surface area contributed by atoms with E-state index in [4.69, 9.17) is 0 Å². The summed E-state index contributed by atoms with van der Waals surface area (Å²) in [4.78, 5) is 15.8. The molecule has 1 aromatic carbocycles. The first-order chi connectivity index (χ1) is 9.33. The van der Waals surface area contributed by atoms with Crippen LogP contribution in [-0.4, -0.2) is 33.3 Å². The van der Waals surface area contributed by atoms with Gasteiger partial charge in [0.1, 0.15) is 12.7 Å². The monoisotopic (exact) mass is 257 g/mol. The smallest absolute Gasteiger partial charge is 0.241 e. The first-order valence-corrected chi connectivity index (χ1v) is 6.32. The van der Waals surface area contributed by atoms with Crippen molar-refractivity contribution in [2.45, 2.75) is 18.9 Å². The number of rotatable bonds is 3. The molecule has 6 heteroatoms. The van der Waals surface area contributed by atoms with Crippen LogP contribution in [0.25, 0.3) is 5.69 Å². The third-order valence-electron chi connectivity index (χ3n) is 3.19. The summed E-state index contributed by atoms with van der Waals surface area (Å²) in [5, 5.41) is 10.1. The summed E-state index contributed by atoms with van der Waals surface area (Å²) in [5.74, 6) is 0.0333. The lowest BCUT2D eigenvalue weighted by Crippen LogP contribution is -2.35. The molecule has 1 atom stereocenters. The molecule has 3 rings (SSSR count). The van der Waals surface area contributed by atoms with Gasteiger partial charge in [0.15, 0.2) is 0 Å². The maximum absolute atomic E-state index is 11.9. The highest BCUT2D eigenvalue weighted by Gasteiger charge is 2.21. The Morgan fingerprint density at radius 2 is 2.21 bits per heavy atom. The molecule has 1 amide bonds. The van der Waals surface area contributed by atoms with Crippen LogP contribution in [0.1, 0.15) is 12.8 Å². The molecule has 1 saturated heterocycles. The molecule has 98 valence electrons. The van der Waals surface area contributed by atoms with Crippen LogP contribution in [0.5, 0.6) is 0 Å². The van der Waals surface area contributed by atoms with Gasteiger partial charge in [-0.05, 0) is 43.7 Å². The minimum atomic E-state index is -0.0602. The van der Waals surface area contributed by atoms with Crippen molar-refractivity contribution >= 4 is 11.6 Å². The molecule has 0 spiro atoms. The molecule has 0 aliphatic carbocycles. The Balaban J connectivity index is 1.67. The topological polar surface area (TPSA) is 71.8 Å². The van der Waals surface area contributed by atoms with Gasteiger partial charge in [0.25, 0.3) is 0 Å². The van der Waals surface area contributed by atoms with E-state index in [2.05, 4.69) is 20.7 Å². The highest BCUT2D eigenvalue weighted by molar-refractivity contribution is 5.95. The van der Waals surface area contributed by atoms with Crippen molar-refractivity contribution in [1.82, 2.24) is 20.1 Å². The van der Waals surface area contributed by atoms with Gasteiger partial charge in [-0.1, -0.05) is 0 Å². The second-order valence-corrected chi connectivity index (χ2v) is 4.53. The van der Waals surface area contributed by atoms with Crippen molar-refractivity contribution in [3.8, 4) is 5.69 Å². The number of carbonyl (C=O) groups is 1. The largest absolute Gasteiger partial charge is 0.325 e. The van der Waals surface area contributed by atoms with Crippen LogP contribution in [0, 0.1) is 0 Å². The number of nitrogens with zero attached hydrogens (tertiary/aromatic N) is 3. The Morgan fingerprint density at radius 1 is 1.37 bits per heavy atom. The summed E-state index contributed by atoms with van der Waals surface area (Å²) in [5.41, 5.74) is 1.71. The molecule has 2 heterocycles. The number of benzene rings is 1. The van der Waals surface area contributed by atoms with Crippen LogP contribution in [0.4, 0.5) is 5.69 Å². The van der Waals surface area contributed by atoms with Crippen LogP contribution in [0.15, 0.2) is 36.9 Å². The van der Waals surface area contributed by atoms with Crippen molar-refractivity contribution in [2.75, 3.05) is 11.9 Å². The first-order valence-electron chi connectivity index (χ1n) is 6.32. The summed E-state index contributed by atoms with van der Waals surface area (Å²) in [7, 11) is 0. The maximum Gasteiger partial charge on any atom is 0.241 e. The SMILES string of the molecule is O=C(Nc1ccc(-n2cncn2)cc1)[C@@H]1CCCN1. The third kappa shape index (κ3) is 2.63. The van der Waals surface area contributed by atoms with E-state index in [0.29, 0.717) is 0 Å². The molecule has 0 radical (unpaired) electrons. The highest BCUT2D eigenvalue weighted by atomic mass is 16.2. The number of amides is 1. The summed E-state index contributed by atoms with van der Waals surface area (Å²) in [6, 6.07) is 7.46. The van der Waals surface area contributed by atoms with Gasteiger partial charge in [0, 0.05) is 5.69 Å². The molecule has 0 unspecified atom stereocenters. The highest BCUT2D eigenvalue weighted by Crippen LogP contribution is 2.14. The summed E-state index contributed by atoms with van der Waals surface area (Å²) >= 11 is 0. The molecule has 0 saturated carbocycles. The van der Waals surface area contributed by atoms with Crippen LogP contribution < -0.4 is 10.6 Å². The fourth-order valence-electron chi connectivity index (χ4n) is 2.18. The second-order valence-electron chi connectivity index (χ2n) is 4.53. The van der Waals surface area contributed by atoms with Gasteiger partial charge in [-0.25, -0.2) is 9.67 Å². The Bertz CT molecular complexity index is 543. The molecule has 2 N–H and O–H groups in total. The van der Waals surface area contributed by atoms with Crippen LogP contribution >= 0.6 is 0 Å². The summed E-state index contributed by atoms with van der Waals surface area (Å²) in [6.45, 7) is 0.920. The van der Waals surface area contributed by atoms with E-state index in [9.17, 15) is 4.79 Å². The van der Waals surface area contributed by atoms with Gasteiger partial charge < -0.3 is 10.6 Å². The normalized spacial score (nSPS) is 18.4. The predicted molar refractivity (Wildman–Crippen MR) is 71.0 cm³/mol. The van der Waals surface area contributed by atoms with Crippen molar-refractivity contribution in [1.29, 1.82) is 0 Å². The summed E-state index contributed by atoms with van der Waals surface area (Å²) in [6.07, 6.45) is 5.09. The van der Waals surface area contributed by atoms with E-state index in [1.165, 1.54) is 6.33 Å². The van der Waals surface area contributed by atoms with E-state index < -0.39 is 0 Å². The minimum Gasteiger partial charge on any atom is -0.325 e. The predicted octanol–water partition coefficient (Wildman–Crippen LogP) is 0.958. The summed E-state index contributed by atoms with van der Waals surface area (Å²) < 4.78 is 1.67. The fourth-order valence-corrected chi connectivity index (χ4v) is 2.18. The number of aromatic nitrogens is 3. The average molecular weight is 257 g/mol. The zero-order chi connectivity index (χ0) is 13.1. The lowest BCUT2D eigenvalue weighted by Gasteiger charge is -2.11. The zero-order valence-electron chi connectivity index (χ0n) is 10.4. The van der Waals surface area contributed by atoms with Gasteiger partial charge in [0.2, 0.25) is 5.91 Å². The van der Waals surface area contributed by atoms with E-state index in [-0.39, 0.29) is 11.9 Å². The van der Waals surface area contributed by atoms with Gasteiger partial charge in [0.05, 0.1) is 11.7 Å². The van der Waals surface area contributed by atoms with Crippen molar-refractivity contribution in [2.24, 2.45) is 0 Å². The van der Waals surface area contributed by atoms with Crippen LogP contribution in [-0.2, 0) is 4.79 Å². The lowest BCUT2D eigenvalue weighted by atomic mass is 10.2. The van der Waals surface area contributed by atoms with Gasteiger partial charge in [-0.3, -0.25) is 4.79 Å². The fraction of sp³-hybridized carbons (Fsp3) is 0.308. The van der Waals surface area contributed by atoms with Gasteiger partial charge in [-0.15, -0.1) is 0 Å². The number of nitrogens with one attached hydrogen (secondary N) is 2. The molecule has 1 fully saturated rings. The maximum atomic E-state index is 11.9. The molecule has 1 aliphatic heterocycles. The Hall–Kier alpha value is -2.21. The van der Waals surface area contributed by atoms with Crippen LogP contribution in [0.2, 0.25) is 0 Å². The van der Waals surface area contributed by atoms with E-state index >= 15 is 0 Å². The van der Waals surface area contributed by atoms with Crippen LogP contribution in [0.3, 0.4) is 0 Å². The molecule has 6 nitrogen and oxygen atoms in total. The number of hydrogen-bond donors (Lipinski definition) is 2. The Labute approximate surface area is 110 Å². The zero-order valence-corrected chi connectivity index (χ0v) is 10.4. The quantitative estimate of drug-likeness (QED) is 0.859. The van der Waals surface area contributed by atoms with Gasteiger partial charge >= 0.3 is 0 Å². The first kappa shape index (κ1) is 11.9. The molecule has 0 bridgehead atoms. The molecular weight excluding hydrogens is 242 g/mol. The number of carbonyl (C=O) groups excluding carboxylic acids is 1. The number of anilines is 1.